The van der Waals surface area contributed by atoms with Crippen molar-refractivity contribution in [3.63, 3.8) is 0 Å². The van der Waals surface area contributed by atoms with Gasteiger partial charge in [-0.3, -0.25) is 9.59 Å². The normalized spacial score (nSPS) is 16.2. The molecule has 1 aliphatic rings. The van der Waals surface area contributed by atoms with Crippen molar-refractivity contribution in [2.24, 2.45) is 0 Å². The number of nitrogens with one attached hydrogen (secondary N) is 2. The first kappa shape index (κ1) is 14.8. The SMILES string of the molecule is O=C(CCS(=O)(=O)C1CCCC1)Nc1ccc[nH]c1=O. The minimum atomic E-state index is -3.20. The molecule has 6 nitrogen and oxygen atoms in total. The maximum atomic E-state index is 12.0. The molecule has 1 saturated carbocycles. The van der Waals surface area contributed by atoms with Crippen LogP contribution in [0.25, 0.3) is 0 Å². The van der Waals surface area contributed by atoms with E-state index in [0.717, 1.165) is 12.8 Å². The topological polar surface area (TPSA) is 96.1 Å². The largest absolute Gasteiger partial charge is 0.327 e. The summed E-state index contributed by atoms with van der Waals surface area (Å²) in [7, 11) is -3.20. The Bertz CT molecular complexity index is 630. The summed E-state index contributed by atoms with van der Waals surface area (Å²) in [6.07, 6.45) is 4.62. The van der Waals surface area contributed by atoms with Gasteiger partial charge in [0, 0.05) is 12.6 Å². The lowest BCUT2D eigenvalue weighted by Gasteiger charge is -2.10. The van der Waals surface area contributed by atoms with Gasteiger partial charge in [-0.1, -0.05) is 12.8 Å². The quantitative estimate of drug-likeness (QED) is 0.849. The van der Waals surface area contributed by atoms with E-state index in [1.807, 2.05) is 0 Å². The minimum Gasteiger partial charge on any atom is -0.327 e. The van der Waals surface area contributed by atoms with Crippen LogP contribution in [0.15, 0.2) is 23.1 Å². The Morgan fingerprint density at radius 1 is 1.35 bits per heavy atom. The highest BCUT2D eigenvalue weighted by Gasteiger charge is 2.28. The molecule has 0 bridgehead atoms. The molecule has 0 atom stereocenters. The number of carbonyl (C=O) groups is 1. The van der Waals surface area contributed by atoms with E-state index >= 15 is 0 Å². The Hall–Kier alpha value is -1.63. The molecule has 2 rings (SSSR count). The first-order valence-electron chi connectivity index (χ1n) is 6.68. The second-order valence-electron chi connectivity index (χ2n) is 4.98. The highest BCUT2D eigenvalue weighted by atomic mass is 32.2. The van der Waals surface area contributed by atoms with Gasteiger partial charge in [-0.2, -0.15) is 0 Å². The minimum absolute atomic E-state index is 0.118. The zero-order valence-electron chi connectivity index (χ0n) is 11.1. The smallest absolute Gasteiger partial charge is 0.271 e. The average molecular weight is 298 g/mol. The van der Waals surface area contributed by atoms with E-state index in [2.05, 4.69) is 10.3 Å². The molecule has 1 heterocycles. The number of anilines is 1. The lowest BCUT2D eigenvalue weighted by atomic mass is 10.4. The van der Waals surface area contributed by atoms with Crippen LogP contribution in [0.5, 0.6) is 0 Å². The second kappa shape index (κ2) is 6.21. The van der Waals surface area contributed by atoms with Gasteiger partial charge in [0.1, 0.15) is 5.69 Å². The highest BCUT2D eigenvalue weighted by molar-refractivity contribution is 7.92. The van der Waals surface area contributed by atoms with Gasteiger partial charge in [0.05, 0.1) is 11.0 Å². The lowest BCUT2D eigenvalue weighted by molar-refractivity contribution is -0.115. The molecule has 1 aromatic rings. The third kappa shape index (κ3) is 3.69. The van der Waals surface area contributed by atoms with E-state index in [-0.39, 0.29) is 23.1 Å². The van der Waals surface area contributed by atoms with E-state index in [1.165, 1.54) is 12.3 Å². The molecule has 1 amide bonds. The van der Waals surface area contributed by atoms with Crippen LogP contribution in [-0.2, 0) is 14.6 Å². The van der Waals surface area contributed by atoms with Gasteiger partial charge in [0.15, 0.2) is 9.84 Å². The summed E-state index contributed by atoms with van der Waals surface area (Å²) < 4.78 is 24.0. The fraction of sp³-hybridized carbons (Fsp3) is 0.538. The number of aromatic amines is 1. The van der Waals surface area contributed by atoms with Crippen LogP contribution in [-0.4, -0.2) is 30.3 Å². The third-order valence-electron chi connectivity index (χ3n) is 3.52. The maximum Gasteiger partial charge on any atom is 0.271 e. The van der Waals surface area contributed by atoms with Gasteiger partial charge >= 0.3 is 0 Å². The van der Waals surface area contributed by atoms with Gasteiger partial charge in [0.25, 0.3) is 5.56 Å². The van der Waals surface area contributed by atoms with Crippen molar-refractivity contribution in [1.29, 1.82) is 0 Å². The molecule has 0 radical (unpaired) electrons. The van der Waals surface area contributed by atoms with Crippen molar-refractivity contribution in [3.05, 3.63) is 28.7 Å². The number of sulfone groups is 1. The van der Waals surface area contributed by atoms with E-state index in [1.54, 1.807) is 6.07 Å². The van der Waals surface area contributed by atoms with Crippen LogP contribution in [0, 0.1) is 0 Å². The van der Waals surface area contributed by atoms with Gasteiger partial charge < -0.3 is 10.3 Å². The molecule has 20 heavy (non-hydrogen) atoms. The zero-order valence-corrected chi connectivity index (χ0v) is 11.9. The lowest BCUT2D eigenvalue weighted by Crippen LogP contribution is -2.26. The number of H-pyrrole nitrogens is 1. The molecule has 0 spiro atoms. The predicted molar refractivity (Wildman–Crippen MR) is 76.4 cm³/mol. The van der Waals surface area contributed by atoms with Crippen LogP contribution in [0.3, 0.4) is 0 Å². The molecule has 0 aliphatic heterocycles. The van der Waals surface area contributed by atoms with E-state index in [0.29, 0.717) is 12.8 Å². The number of rotatable bonds is 5. The number of hydrogen-bond donors (Lipinski definition) is 2. The number of aromatic nitrogens is 1. The van der Waals surface area contributed by atoms with Crippen LogP contribution in [0.1, 0.15) is 32.1 Å². The van der Waals surface area contributed by atoms with Crippen molar-refractivity contribution in [2.75, 3.05) is 11.1 Å². The van der Waals surface area contributed by atoms with Crippen molar-refractivity contribution >= 4 is 21.4 Å². The number of hydrogen-bond acceptors (Lipinski definition) is 4. The Morgan fingerprint density at radius 3 is 2.70 bits per heavy atom. The summed E-state index contributed by atoms with van der Waals surface area (Å²) in [5.41, 5.74) is -0.268. The predicted octanol–water partition coefficient (Wildman–Crippen LogP) is 1.06. The van der Waals surface area contributed by atoms with E-state index in [9.17, 15) is 18.0 Å². The fourth-order valence-electron chi connectivity index (χ4n) is 2.38. The zero-order chi connectivity index (χ0) is 14.6. The number of amides is 1. The molecule has 0 saturated heterocycles. The number of pyridine rings is 1. The van der Waals surface area contributed by atoms with Crippen LogP contribution in [0.2, 0.25) is 0 Å². The van der Waals surface area contributed by atoms with Gasteiger partial charge in [-0.25, -0.2) is 8.42 Å². The van der Waals surface area contributed by atoms with Crippen LogP contribution >= 0.6 is 0 Å². The van der Waals surface area contributed by atoms with Crippen molar-refractivity contribution in [3.8, 4) is 0 Å². The Balaban J connectivity index is 1.89. The summed E-state index contributed by atoms with van der Waals surface area (Å²) >= 11 is 0. The molecule has 1 aromatic heterocycles. The summed E-state index contributed by atoms with van der Waals surface area (Å²) in [6, 6.07) is 3.06. The van der Waals surface area contributed by atoms with E-state index in [4.69, 9.17) is 0 Å². The average Bonchev–Trinajstić information content (AvgIpc) is 2.94. The van der Waals surface area contributed by atoms with Gasteiger partial charge in [-0.15, -0.1) is 0 Å². The maximum absolute atomic E-state index is 12.0. The molecule has 7 heteroatoms. The Labute approximate surface area is 117 Å². The summed E-state index contributed by atoms with van der Waals surface area (Å²) in [4.78, 5) is 25.5. The summed E-state index contributed by atoms with van der Waals surface area (Å²) in [5, 5.41) is 2.13. The van der Waals surface area contributed by atoms with Gasteiger partial charge in [-0.05, 0) is 25.0 Å². The highest BCUT2D eigenvalue weighted by Crippen LogP contribution is 2.25. The summed E-state index contributed by atoms with van der Waals surface area (Å²) in [5.74, 6) is -0.614. The second-order valence-corrected chi connectivity index (χ2v) is 7.39. The molecular formula is C13H18N2O4S. The van der Waals surface area contributed by atoms with Crippen molar-refractivity contribution < 1.29 is 13.2 Å². The molecule has 1 aliphatic carbocycles. The summed E-state index contributed by atoms with van der Waals surface area (Å²) in [6.45, 7) is 0. The standard InChI is InChI=1S/C13H18N2O4S/c16-12(15-11-6-3-8-14-13(11)17)7-9-20(18,19)10-4-1-2-5-10/h3,6,8,10H,1-2,4-5,7,9H2,(H,14,17)(H,15,16). The Kier molecular flexibility index (Phi) is 4.59. The Morgan fingerprint density at radius 2 is 2.05 bits per heavy atom. The molecule has 0 aromatic carbocycles. The number of carbonyl (C=O) groups excluding carboxylic acids is 1. The van der Waals surface area contributed by atoms with Crippen LogP contribution in [0.4, 0.5) is 5.69 Å². The fourth-order valence-corrected chi connectivity index (χ4v) is 4.24. The third-order valence-corrected chi connectivity index (χ3v) is 5.78. The van der Waals surface area contributed by atoms with Gasteiger partial charge in [0.2, 0.25) is 5.91 Å². The van der Waals surface area contributed by atoms with Crippen LogP contribution < -0.4 is 10.9 Å². The molecule has 110 valence electrons. The van der Waals surface area contributed by atoms with E-state index < -0.39 is 21.3 Å². The first-order valence-corrected chi connectivity index (χ1v) is 8.40. The molecular weight excluding hydrogens is 280 g/mol. The first-order chi connectivity index (χ1) is 9.49. The molecule has 1 fully saturated rings. The van der Waals surface area contributed by atoms with Crippen molar-refractivity contribution in [2.45, 2.75) is 37.4 Å². The van der Waals surface area contributed by atoms with Crippen molar-refractivity contribution in [1.82, 2.24) is 4.98 Å². The monoisotopic (exact) mass is 298 g/mol. The molecule has 0 unspecified atom stereocenters. The molecule has 2 N–H and O–H groups in total.